The fourth-order valence-corrected chi connectivity index (χ4v) is 1.32. The highest BCUT2D eigenvalue weighted by Gasteiger charge is 2.14. The first kappa shape index (κ1) is 10.8. The van der Waals surface area contributed by atoms with Gasteiger partial charge in [-0.05, 0) is 0 Å². The van der Waals surface area contributed by atoms with E-state index >= 15 is 0 Å². The highest BCUT2D eigenvalue weighted by molar-refractivity contribution is 6.45. The summed E-state index contributed by atoms with van der Waals surface area (Å²) >= 11 is 16.7. The Morgan fingerprint density at radius 2 is 1.85 bits per heavy atom. The van der Waals surface area contributed by atoms with Crippen LogP contribution in [0.1, 0.15) is 12.0 Å². The number of halogens is 3. The Bertz CT molecular complexity index is 343. The summed E-state index contributed by atoms with van der Waals surface area (Å²) < 4.78 is 0. The summed E-state index contributed by atoms with van der Waals surface area (Å²) in [6, 6.07) is 0. The van der Waals surface area contributed by atoms with Crippen molar-refractivity contribution in [1.82, 2.24) is 4.98 Å². The Kier molecular flexibility index (Phi) is 3.21. The van der Waals surface area contributed by atoms with Gasteiger partial charge in [0.05, 0.1) is 16.4 Å². The zero-order chi connectivity index (χ0) is 10.2. The SMILES string of the molecule is Nc1c(Cl)c(Cl)nc(C([O-])O)c1Cl. The van der Waals surface area contributed by atoms with Gasteiger partial charge in [0, 0.05) is 6.29 Å². The van der Waals surface area contributed by atoms with Gasteiger partial charge in [0.1, 0.15) is 10.2 Å². The molecule has 1 aromatic rings. The zero-order valence-corrected chi connectivity index (χ0v) is 8.36. The second-order valence-electron chi connectivity index (χ2n) is 2.18. The fourth-order valence-electron chi connectivity index (χ4n) is 0.713. The number of pyridine rings is 1. The summed E-state index contributed by atoms with van der Waals surface area (Å²) in [4.78, 5) is 3.49. The topological polar surface area (TPSA) is 82.2 Å². The fraction of sp³-hybridized carbons (Fsp3) is 0.167. The van der Waals surface area contributed by atoms with Crippen molar-refractivity contribution in [2.75, 3.05) is 5.73 Å². The molecule has 3 N–H and O–H groups in total. The number of hydrogen-bond donors (Lipinski definition) is 2. The third kappa shape index (κ3) is 1.98. The molecule has 0 bridgehead atoms. The van der Waals surface area contributed by atoms with Gasteiger partial charge in [0.2, 0.25) is 0 Å². The van der Waals surface area contributed by atoms with Crippen LogP contribution in [0.25, 0.3) is 0 Å². The molecule has 1 unspecified atom stereocenters. The molecule has 0 saturated carbocycles. The van der Waals surface area contributed by atoms with Crippen molar-refractivity contribution in [3.05, 3.63) is 20.9 Å². The number of anilines is 1. The van der Waals surface area contributed by atoms with E-state index in [9.17, 15) is 5.11 Å². The quantitative estimate of drug-likeness (QED) is 0.568. The first-order valence-electron chi connectivity index (χ1n) is 3.09. The van der Waals surface area contributed by atoms with E-state index in [1.165, 1.54) is 0 Å². The molecule has 0 aliphatic heterocycles. The first-order chi connectivity index (χ1) is 5.95. The van der Waals surface area contributed by atoms with Crippen molar-refractivity contribution < 1.29 is 10.2 Å². The van der Waals surface area contributed by atoms with Crippen LogP contribution in [0.3, 0.4) is 0 Å². The van der Waals surface area contributed by atoms with Crippen LogP contribution < -0.4 is 10.8 Å². The molecule has 0 aliphatic carbocycles. The number of aromatic nitrogens is 1. The van der Waals surface area contributed by atoms with E-state index in [0.717, 1.165) is 0 Å². The largest absolute Gasteiger partial charge is 0.827 e. The van der Waals surface area contributed by atoms with E-state index < -0.39 is 6.29 Å². The molecular weight excluding hydrogens is 238 g/mol. The molecule has 1 aromatic heterocycles. The Morgan fingerprint density at radius 1 is 1.31 bits per heavy atom. The Hall–Kier alpha value is -0.260. The third-order valence-corrected chi connectivity index (χ3v) is 2.48. The summed E-state index contributed by atoms with van der Waals surface area (Å²) in [5.74, 6) is 0. The Balaban J connectivity index is 3.41. The van der Waals surface area contributed by atoms with E-state index in [4.69, 9.17) is 45.6 Å². The van der Waals surface area contributed by atoms with Gasteiger partial charge in [-0.2, -0.15) is 0 Å². The maximum Gasteiger partial charge on any atom is 0.150 e. The monoisotopic (exact) mass is 241 g/mol. The summed E-state index contributed by atoms with van der Waals surface area (Å²) in [6.07, 6.45) is -2.08. The highest BCUT2D eigenvalue weighted by atomic mass is 35.5. The molecule has 1 heterocycles. The van der Waals surface area contributed by atoms with Crippen LogP contribution in [0.15, 0.2) is 0 Å². The number of hydrogen-bond acceptors (Lipinski definition) is 4. The molecule has 72 valence electrons. The lowest BCUT2D eigenvalue weighted by Crippen LogP contribution is -2.17. The number of aliphatic hydroxyl groups is 1. The average molecular weight is 242 g/mol. The third-order valence-electron chi connectivity index (χ3n) is 1.33. The maximum atomic E-state index is 10.6. The van der Waals surface area contributed by atoms with Gasteiger partial charge in [-0.1, -0.05) is 34.8 Å². The number of aliphatic hydroxyl groups excluding tert-OH is 1. The summed E-state index contributed by atoms with van der Waals surface area (Å²) in [5.41, 5.74) is 5.00. The predicted molar refractivity (Wildman–Crippen MR) is 48.6 cm³/mol. The van der Waals surface area contributed by atoms with E-state index in [0.29, 0.717) is 0 Å². The van der Waals surface area contributed by atoms with Crippen molar-refractivity contribution in [1.29, 1.82) is 0 Å². The van der Waals surface area contributed by atoms with Crippen molar-refractivity contribution in [3.8, 4) is 0 Å². The van der Waals surface area contributed by atoms with Crippen molar-refractivity contribution in [2.24, 2.45) is 0 Å². The lowest BCUT2D eigenvalue weighted by Gasteiger charge is -2.17. The molecule has 0 spiro atoms. The molecule has 0 fully saturated rings. The van der Waals surface area contributed by atoms with Gasteiger partial charge in [-0.25, -0.2) is 4.98 Å². The highest BCUT2D eigenvalue weighted by Crippen LogP contribution is 2.35. The van der Waals surface area contributed by atoms with Gasteiger partial charge in [0.15, 0.2) is 0 Å². The van der Waals surface area contributed by atoms with Crippen LogP contribution in [-0.2, 0) is 0 Å². The molecule has 7 heteroatoms. The zero-order valence-electron chi connectivity index (χ0n) is 6.09. The van der Waals surface area contributed by atoms with Gasteiger partial charge < -0.3 is 15.9 Å². The second kappa shape index (κ2) is 3.86. The lowest BCUT2D eigenvalue weighted by atomic mass is 10.3. The standard InChI is InChI=1S/C6H4Cl3N2O2/c7-1-3(10)2(8)5(9)11-4(1)6(12)13/h6,12H,(H2,10,11)/q-1. The molecule has 1 rings (SSSR count). The van der Waals surface area contributed by atoms with E-state index in [-0.39, 0.29) is 26.6 Å². The molecule has 0 amide bonds. The normalized spacial score (nSPS) is 13.0. The molecule has 0 aromatic carbocycles. The molecule has 0 saturated heterocycles. The molecule has 1 atom stereocenters. The van der Waals surface area contributed by atoms with Crippen LogP contribution in [0.2, 0.25) is 15.2 Å². The van der Waals surface area contributed by atoms with Crippen LogP contribution in [0.5, 0.6) is 0 Å². The van der Waals surface area contributed by atoms with Crippen molar-refractivity contribution in [3.63, 3.8) is 0 Å². The molecule has 4 nitrogen and oxygen atoms in total. The van der Waals surface area contributed by atoms with Crippen LogP contribution >= 0.6 is 34.8 Å². The number of nitrogens with two attached hydrogens (primary N) is 1. The van der Waals surface area contributed by atoms with Crippen LogP contribution in [0, 0.1) is 0 Å². The minimum absolute atomic E-state index is 0.0314. The molecule has 0 aliphatic rings. The van der Waals surface area contributed by atoms with Gasteiger partial charge in [-0.3, -0.25) is 0 Å². The van der Waals surface area contributed by atoms with E-state index in [2.05, 4.69) is 4.98 Å². The van der Waals surface area contributed by atoms with Crippen molar-refractivity contribution >= 4 is 40.5 Å². The van der Waals surface area contributed by atoms with E-state index in [1.807, 2.05) is 0 Å². The molecular formula is C6H4Cl3N2O2-. The van der Waals surface area contributed by atoms with Crippen molar-refractivity contribution in [2.45, 2.75) is 6.29 Å². The van der Waals surface area contributed by atoms with Gasteiger partial charge in [-0.15, -0.1) is 0 Å². The number of nitrogen functional groups attached to an aromatic ring is 1. The summed E-state index contributed by atoms with van der Waals surface area (Å²) in [5, 5.41) is 18.9. The Labute approximate surface area is 88.9 Å². The first-order valence-corrected chi connectivity index (χ1v) is 4.22. The number of nitrogens with zero attached hydrogens (tertiary/aromatic N) is 1. The lowest BCUT2D eigenvalue weighted by molar-refractivity contribution is -0.491. The minimum Gasteiger partial charge on any atom is -0.827 e. The Morgan fingerprint density at radius 3 is 2.31 bits per heavy atom. The average Bonchev–Trinajstić information content (AvgIpc) is 2.07. The van der Waals surface area contributed by atoms with Gasteiger partial charge >= 0.3 is 0 Å². The van der Waals surface area contributed by atoms with Crippen LogP contribution in [-0.4, -0.2) is 10.1 Å². The maximum absolute atomic E-state index is 10.6. The molecule has 0 radical (unpaired) electrons. The smallest absolute Gasteiger partial charge is 0.150 e. The minimum atomic E-state index is -2.08. The van der Waals surface area contributed by atoms with Gasteiger partial charge in [0.25, 0.3) is 0 Å². The summed E-state index contributed by atoms with van der Waals surface area (Å²) in [6.45, 7) is 0. The van der Waals surface area contributed by atoms with E-state index in [1.54, 1.807) is 0 Å². The number of rotatable bonds is 1. The second-order valence-corrected chi connectivity index (χ2v) is 3.30. The van der Waals surface area contributed by atoms with Crippen LogP contribution in [0.4, 0.5) is 5.69 Å². The molecule has 13 heavy (non-hydrogen) atoms. The summed E-state index contributed by atoms with van der Waals surface area (Å²) in [7, 11) is 0. The predicted octanol–water partition coefficient (Wildman–Crippen LogP) is 0.975.